The average molecular weight is 267 g/mol. The molecule has 1 aromatic rings. The van der Waals surface area contributed by atoms with Gasteiger partial charge in [0.1, 0.15) is 5.60 Å². The molecular formula is C15H25NOS. The maximum Gasteiger partial charge on any atom is 0.103 e. The van der Waals surface area contributed by atoms with Crippen LogP contribution in [0, 0.1) is 18.3 Å². The van der Waals surface area contributed by atoms with E-state index in [-0.39, 0.29) is 5.41 Å². The van der Waals surface area contributed by atoms with Crippen LogP contribution in [0.25, 0.3) is 0 Å². The molecule has 0 aliphatic heterocycles. The Balaban J connectivity index is 2.35. The van der Waals surface area contributed by atoms with E-state index in [0.29, 0.717) is 6.54 Å². The molecule has 102 valence electrons. The predicted molar refractivity (Wildman–Crippen MR) is 77.7 cm³/mol. The maximum atomic E-state index is 11.1. The molecule has 1 fully saturated rings. The highest BCUT2D eigenvalue weighted by Crippen LogP contribution is 2.54. The molecule has 3 N–H and O–H groups in total. The van der Waals surface area contributed by atoms with Crippen LogP contribution in [-0.2, 0) is 5.60 Å². The molecule has 0 bridgehead atoms. The van der Waals surface area contributed by atoms with Crippen molar-refractivity contribution in [2.24, 2.45) is 17.1 Å². The number of rotatable bonds is 4. The summed E-state index contributed by atoms with van der Waals surface area (Å²) >= 11 is 1.66. The minimum atomic E-state index is -0.788. The quantitative estimate of drug-likeness (QED) is 0.878. The van der Waals surface area contributed by atoms with Gasteiger partial charge in [-0.1, -0.05) is 13.3 Å². The molecule has 0 radical (unpaired) electrons. The van der Waals surface area contributed by atoms with E-state index in [9.17, 15) is 5.11 Å². The molecule has 1 aliphatic carbocycles. The first-order valence-corrected chi connectivity index (χ1v) is 7.82. The van der Waals surface area contributed by atoms with Gasteiger partial charge in [-0.05, 0) is 56.0 Å². The van der Waals surface area contributed by atoms with Crippen LogP contribution in [0.4, 0.5) is 0 Å². The van der Waals surface area contributed by atoms with E-state index in [1.807, 2.05) is 6.92 Å². The Bertz CT molecular complexity index is 412. The van der Waals surface area contributed by atoms with Crippen LogP contribution in [0.3, 0.4) is 0 Å². The minimum Gasteiger partial charge on any atom is -0.384 e. The van der Waals surface area contributed by atoms with E-state index in [1.165, 1.54) is 18.4 Å². The fourth-order valence-electron chi connectivity index (χ4n) is 3.52. The second-order valence-corrected chi connectivity index (χ2v) is 6.92. The Morgan fingerprint density at radius 1 is 1.61 bits per heavy atom. The van der Waals surface area contributed by atoms with Gasteiger partial charge in [0.2, 0.25) is 0 Å². The molecule has 1 aromatic heterocycles. The van der Waals surface area contributed by atoms with Gasteiger partial charge in [0, 0.05) is 16.8 Å². The number of hydrogen-bond acceptors (Lipinski definition) is 3. The number of hydrogen-bond donors (Lipinski definition) is 2. The molecule has 2 rings (SSSR count). The maximum absolute atomic E-state index is 11.1. The topological polar surface area (TPSA) is 46.2 Å². The first-order valence-electron chi connectivity index (χ1n) is 6.94. The molecule has 18 heavy (non-hydrogen) atoms. The zero-order valence-corrected chi connectivity index (χ0v) is 12.5. The fourth-order valence-corrected chi connectivity index (χ4v) is 4.63. The van der Waals surface area contributed by atoms with Crippen LogP contribution in [0.5, 0.6) is 0 Å². The highest BCUT2D eigenvalue weighted by atomic mass is 32.1. The third kappa shape index (κ3) is 2.02. The lowest BCUT2D eigenvalue weighted by molar-refractivity contribution is -0.0689. The molecular weight excluding hydrogens is 242 g/mol. The van der Waals surface area contributed by atoms with E-state index in [0.717, 1.165) is 23.6 Å². The summed E-state index contributed by atoms with van der Waals surface area (Å²) in [7, 11) is 0. The summed E-state index contributed by atoms with van der Waals surface area (Å²) in [5.74, 6) is 0.722. The summed E-state index contributed by atoms with van der Waals surface area (Å²) in [6.07, 6.45) is 4.51. The van der Waals surface area contributed by atoms with Crippen molar-refractivity contribution in [3.05, 3.63) is 21.9 Å². The summed E-state index contributed by atoms with van der Waals surface area (Å²) < 4.78 is 0. The van der Waals surface area contributed by atoms with Crippen LogP contribution < -0.4 is 5.73 Å². The zero-order chi connectivity index (χ0) is 13.4. The minimum absolute atomic E-state index is 0.136. The molecule has 3 unspecified atom stereocenters. The fraction of sp³-hybridized carbons (Fsp3) is 0.733. The van der Waals surface area contributed by atoms with Gasteiger partial charge in [0.05, 0.1) is 0 Å². The van der Waals surface area contributed by atoms with Crippen molar-refractivity contribution in [3.63, 3.8) is 0 Å². The molecule has 1 aliphatic rings. The van der Waals surface area contributed by atoms with E-state index in [2.05, 4.69) is 25.3 Å². The number of aryl methyl sites for hydroxylation is 1. The Morgan fingerprint density at radius 2 is 2.33 bits per heavy atom. The highest BCUT2D eigenvalue weighted by Gasteiger charge is 2.52. The van der Waals surface area contributed by atoms with Gasteiger partial charge in [0.25, 0.3) is 0 Å². The Morgan fingerprint density at radius 3 is 2.78 bits per heavy atom. The Kier molecular flexibility index (Phi) is 3.86. The molecule has 0 amide bonds. The van der Waals surface area contributed by atoms with Gasteiger partial charge in [-0.3, -0.25) is 0 Å². The Labute approximate surface area is 114 Å². The van der Waals surface area contributed by atoms with E-state index < -0.39 is 5.60 Å². The summed E-state index contributed by atoms with van der Waals surface area (Å²) in [4.78, 5) is 1.10. The van der Waals surface area contributed by atoms with Crippen LogP contribution in [0.1, 0.15) is 50.0 Å². The molecule has 0 saturated heterocycles. The first-order chi connectivity index (χ1) is 8.47. The van der Waals surface area contributed by atoms with Crippen LogP contribution >= 0.6 is 11.3 Å². The molecule has 2 nitrogen and oxygen atoms in total. The van der Waals surface area contributed by atoms with Gasteiger partial charge in [-0.2, -0.15) is 0 Å². The van der Waals surface area contributed by atoms with Crippen LogP contribution in [-0.4, -0.2) is 11.7 Å². The van der Waals surface area contributed by atoms with Crippen molar-refractivity contribution in [3.8, 4) is 0 Å². The lowest BCUT2D eigenvalue weighted by Gasteiger charge is -2.42. The Hall–Kier alpha value is -0.380. The second kappa shape index (κ2) is 4.95. The summed E-state index contributed by atoms with van der Waals surface area (Å²) in [5.41, 5.74) is 6.34. The molecule has 3 heteroatoms. The van der Waals surface area contributed by atoms with E-state index >= 15 is 0 Å². The second-order valence-electron chi connectivity index (χ2n) is 6.01. The van der Waals surface area contributed by atoms with Crippen LogP contribution in [0.15, 0.2) is 11.4 Å². The lowest BCUT2D eigenvalue weighted by Crippen LogP contribution is -2.47. The van der Waals surface area contributed by atoms with Gasteiger partial charge >= 0.3 is 0 Å². The number of thiophene rings is 1. The predicted octanol–water partition coefficient (Wildman–Crippen LogP) is 3.42. The third-order valence-electron chi connectivity index (χ3n) is 5.02. The van der Waals surface area contributed by atoms with E-state index in [1.54, 1.807) is 11.3 Å². The largest absolute Gasteiger partial charge is 0.384 e. The standard InChI is InChI=1S/C15H25NOS/c1-4-12-5-7-15(9-12,10-16)14(3,17)13-11(2)6-8-18-13/h6,8,12,17H,4-5,7,9-10,16H2,1-3H3. The normalized spacial score (nSPS) is 31.5. The SMILES string of the molecule is CCC1CCC(CN)(C(C)(O)c2sccc2C)C1. The summed E-state index contributed by atoms with van der Waals surface area (Å²) in [6.45, 7) is 6.86. The number of nitrogens with two attached hydrogens (primary N) is 1. The molecule has 1 saturated carbocycles. The van der Waals surface area contributed by atoms with Crippen molar-refractivity contribution >= 4 is 11.3 Å². The summed E-state index contributed by atoms with van der Waals surface area (Å²) in [5, 5.41) is 13.2. The van der Waals surface area contributed by atoms with Gasteiger partial charge in [-0.15, -0.1) is 11.3 Å². The van der Waals surface area contributed by atoms with Gasteiger partial charge in [0.15, 0.2) is 0 Å². The highest BCUT2D eigenvalue weighted by molar-refractivity contribution is 7.10. The van der Waals surface area contributed by atoms with Gasteiger partial charge < -0.3 is 10.8 Å². The third-order valence-corrected chi connectivity index (χ3v) is 6.24. The molecule has 0 aromatic carbocycles. The smallest absolute Gasteiger partial charge is 0.103 e. The zero-order valence-electron chi connectivity index (χ0n) is 11.7. The first kappa shape index (κ1) is 14.0. The van der Waals surface area contributed by atoms with Crippen molar-refractivity contribution < 1.29 is 5.11 Å². The average Bonchev–Trinajstić information content (AvgIpc) is 2.95. The molecule has 0 spiro atoms. The monoisotopic (exact) mass is 267 g/mol. The van der Waals surface area contributed by atoms with E-state index in [4.69, 9.17) is 5.73 Å². The van der Waals surface area contributed by atoms with Crippen molar-refractivity contribution in [2.75, 3.05) is 6.54 Å². The molecule has 3 atom stereocenters. The number of aliphatic hydroxyl groups is 1. The van der Waals surface area contributed by atoms with Gasteiger partial charge in [-0.25, -0.2) is 0 Å². The van der Waals surface area contributed by atoms with Crippen LogP contribution in [0.2, 0.25) is 0 Å². The summed E-state index contributed by atoms with van der Waals surface area (Å²) in [6, 6.07) is 2.09. The van der Waals surface area contributed by atoms with Crippen molar-refractivity contribution in [1.82, 2.24) is 0 Å². The lowest BCUT2D eigenvalue weighted by atomic mass is 9.69. The molecule has 1 heterocycles. The van der Waals surface area contributed by atoms with Crippen molar-refractivity contribution in [1.29, 1.82) is 0 Å². The van der Waals surface area contributed by atoms with Crippen molar-refractivity contribution in [2.45, 2.75) is 52.1 Å².